The number of hydrogen-bond acceptors (Lipinski definition) is 2. The van der Waals surface area contributed by atoms with Crippen LogP contribution in [0.3, 0.4) is 0 Å². The zero-order valence-corrected chi connectivity index (χ0v) is 14.2. The Kier molecular flexibility index (Phi) is 5.55. The van der Waals surface area contributed by atoms with Gasteiger partial charge < -0.3 is 0 Å². The molecule has 4 heteroatoms. The average Bonchev–Trinajstić information content (AvgIpc) is 2.64. The van der Waals surface area contributed by atoms with Crippen LogP contribution in [0.25, 0.3) is 11.4 Å². The standard InChI is InChI=1S/C21H20F2N2/c1-2-3-15-4-6-16(7-5-15)8-9-17-13-24-21(25-14-17)18-10-11-19(22)20(23)12-18/h2-3,10-16H,4-7H2,1H3/b3-2+. The van der Waals surface area contributed by atoms with Gasteiger partial charge in [0.05, 0.1) is 5.56 Å². The van der Waals surface area contributed by atoms with Gasteiger partial charge >= 0.3 is 0 Å². The number of nitrogens with zero attached hydrogens (tertiary/aromatic N) is 2. The molecule has 1 aliphatic carbocycles. The van der Waals surface area contributed by atoms with Crippen LogP contribution in [0.1, 0.15) is 38.2 Å². The molecular formula is C21H20F2N2. The lowest BCUT2D eigenvalue weighted by molar-refractivity contribution is 0.364. The van der Waals surface area contributed by atoms with Crippen molar-refractivity contribution in [3.63, 3.8) is 0 Å². The van der Waals surface area contributed by atoms with Gasteiger partial charge in [0, 0.05) is 23.9 Å². The normalized spacial score (nSPS) is 20.3. The van der Waals surface area contributed by atoms with Gasteiger partial charge in [-0.2, -0.15) is 0 Å². The van der Waals surface area contributed by atoms with Gasteiger partial charge in [0.2, 0.25) is 0 Å². The van der Waals surface area contributed by atoms with Gasteiger partial charge in [0.15, 0.2) is 17.5 Å². The minimum absolute atomic E-state index is 0.358. The van der Waals surface area contributed by atoms with E-state index in [1.807, 2.05) is 0 Å². The molecule has 0 bridgehead atoms. The smallest absolute Gasteiger partial charge is 0.159 e. The highest BCUT2D eigenvalue weighted by Crippen LogP contribution is 2.29. The number of aromatic nitrogens is 2. The molecular weight excluding hydrogens is 318 g/mol. The van der Waals surface area contributed by atoms with Crippen molar-refractivity contribution in [3.05, 3.63) is 59.9 Å². The van der Waals surface area contributed by atoms with Crippen LogP contribution < -0.4 is 0 Å². The van der Waals surface area contributed by atoms with Crippen LogP contribution in [0.5, 0.6) is 0 Å². The van der Waals surface area contributed by atoms with E-state index in [2.05, 4.69) is 40.9 Å². The van der Waals surface area contributed by atoms with E-state index in [-0.39, 0.29) is 0 Å². The molecule has 1 fully saturated rings. The summed E-state index contributed by atoms with van der Waals surface area (Å²) in [4.78, 5) is 8.42. The maximum absolute atomic E-state index is 13.3. The Morgan fingerprint density at radius 3 is 2.40 bits per heavy atom. The summed E-state index contributed by atoms with van der Waals surface area (Å²) in [5, 5.41) is 0. The van der Waals surface area contributed by atoms with Crippen LogP contribution >= 0.6 is 0 Å². The molecule has 0 unspecified atom stereocenters. The average molecular weight is 338 g/mol. The fraction of sp³-hybridized carbons (Fsp3) is 0.333. The summed E-state index contributed by atoms with van der Waals surface area (Å²) in [6, 6.07) is 3.63. The lowest BCUT2D eigenvalue weighted by Gasteiger charge is -2.22. The quantitative estimate of drug-likeness (QED) is 0.558. The van der Waals surface area contributed by atoms with Crippen molar-refractivity contribution >= 4 is 0 Å². The van der Waals surface area contributed by atoms with Gasteiger partial charge in [0.1, 0.15) is 0 Å². The molecule has 0 atom stereocenters. The number of allylic oxidation sites excluding steroid dienone is 2. The fourth-order valence-corrected chi connectivity index (χ4v) is 3.09. The Morgan fingerprint density at radius 2 is 1.76 bits per heavy atom. The van der Waals surface area contributed by atoms with Crippen molar-refractivity contribution < 1.29 is 8.78 Å². The molecule has 0 saturated heterocycles. The summed E-state index contributed by atoms with van der Waals surface area (Å²) >= 11 is 0. The van der Waals surface area contributed by atoms with E-state index in [9.17, 15) is 8.78 Å². The van der Waals surface area contributed by atoms with Crippen LogP contribution in [0.4, 0.5) is 8.78 Å². The van der Waals surface area contributed by atoms with E-state index in [1.165, 1.54) is 18.9 Å². The molecule has 1 aliphatic rings. The van der Waals surface area contributed by atoms with E-state index >= 15 is 0 Å². The van der Waals surface area contributed by atoms with E-state index in [4.69, 9.17) is 0 Å². The zero-order chi connectivity index (χ0) is 17.6. The number of rotatable bonds is 2. The highest BCUT2D eigenvalue weighted by molar-refractivity contribution is 5.55. The van der Waals surface area contributed by atoms with Crippen LogP contribution in [0.2, 0.25) is 0 Å². The molecule has 2 aromatic rings. The van der Waals surface area contributed by atoms with Crippen molar-refractivity contribution in [1.82, 2.24) is 9.97 Å². The minimum atomic E-state index is -0.904. The Hall–Kier alpha value is -2.54. The predicted octanol–water partition coefficient (Wildman–Crippen LogP) is 5.16. The molecule has 1 saturated carbocycles. The number of hydrogen-bond donors (Lipinski definition) is 0. The maximum Gasteiger partial charge on any atom is 0.159 e. The molecule has 0 radical (unpaired) electrons. The summed E-state index contributed by atoms with van der Waals surface area (Å²) in [6.45, 7) is 2.07. The summed E-state index contributed by atoms with van der Waals surface area (Å²) in [5.74, 6) is 6.14. The molecule has 0 N–H and O–H groups in total. The van der Waals surface area contributed by atoms with Crippen LogP contribution in [0.15, 0.2) is 42.7 Å². The first-order chi connectivity index (χ1) is 12.2. The molecule has 1 aromatic heterocycles. The largest absolute Gasteiger partial charge is 0.235 e. The fourth-order valence-electron chi connectivity index (χ4n) is 3.09. The van der Waals surface area contributed by atoms with Crippen LogP contribution in [-0.2, 0) is 0 Å². The molecule has 0 amide bonds. The van der Waals surface area contributed by atoms with Crippen LogP contribution in [0, 0.1) is 35.3 Å². The van der Waals surface area contributed by atoms with Crippen molar-refractivity contribution in [3.8, 4) is 23.2 Å². The SMILES string of the molecule is C/C=C/C1CCC(C#Cc2cnc(-c3ccc(F)c(F)c3)nc2)CC1. The monoisotopic (exact) mass is 338 g/mol. The third-order valence-corrected chi connectivity index (χ3v) is 4.49. The van der Waals surface area contributed by atoms with Gasteiger partial charge in [-0.3, -0.25) is 0 Å². The summed E-state index contributed by atoms with van der Waals surface area (Å²) in [6.07, 6.45) is 12.3. The minimum Gasteiger partial charge on any atom is -0.235 e. The first-order valence-electron chi connectivity index (χ1n) is 8.57. The van der Waals surface area contributed by atoms with Crippen molar-refractivity contribution in [2.45, 2.75) is 32.6 Å². The summed E-state index contributed by atoms with van der Waals surface area (Å²) < 4.78 is 26.3. The van der Waals surface area contributed by atoms with Gasteiger partial charge in [0.25, 0.3) is 0 Å². The van der Waals surface area contributed by atoms with Crippen LogP contribution in [-0.4, -0.2) is 9.97 Å². The first-order valence-corrected chi connectivity index (χ1v) is 8.57. The topological polar surface area (TPSA) is 25.8 Å². The third-order valence-electron chi connectivity index (χ3n) is 4.49. The van der Waals surface area contributed by atoms with Gasteiger partial charge in [-0.25, -0.2) is 18.7 Å². The second-order valence-electron chi connectivity index (χ2n) is 6.33. The van der Waals surface area contributed by atoms with E-state index < -0.39 is 11.6 Å². The molecule has 0 aliphatic heterocycles. The lowest BCUT2D eigenvalue weighted by Crippen LogP contribution is -2.11. The number of benzene rings is 1. The first kappa shape index (κ1) is 17.3. The van der Waals surface area contributed by atoms with Crippen molar-refractivity contribution in [1.29, 1.82) is 0 Å². The molecule has 1 heterocycles. The Bertz CT molecular complexity index is 808. The second-order valence-corrected chi connectivity index (χ2v) is 6.33. The second kappa shape index (κ2) is 8.02. The highest BCUT2D eigenvalue weighted by atomic mass is 19.2. The van der Waals surface area contributed by atoms with E-state index in [1.54, 1.807) is 12.4 Å². The predicted molar refractivity (Wildman–Crippen MR) is 94.5 cm³/mol. The Morgan fingerprint density at radius 1 is 1.04 bits per heavy atom. The summed E-state index contributed by atoms with van der Waals surface area (Å²) in [7, 11) is 0. The summed E-state index contributed by atoms with van der Waals surface area (Å²) in [5.41, 5.74) is 1.18. The van der Waals surface area contributed by atoms with Gasteiger partial charge in [-0.15, -0.1) is 0 Å². The number of halogens is 2. The molecule has 2 nitrogen and oxygen atoms in total. The Balaban J connectivity index is 1.65. The van der Waals surface area contributed by atoms with Gasteiger partial charge in [-0.1, -0.05) is 24.0 Å². The van der Waals surface area contributed by atoms with E-state index in [0.717, 1.165) is 30.5 Å². The lowest BCUT2D eigenvalue weighted by atomic mass is 9.82. The maximum atomic E-state index is 13.3. The molecule has 3 rings (SSSR count). The van der Waals surface area contributed by atoms with Gasteiger partial charge in [-0.05, 0) is 56.7 Å². The van der Waals surface area contributed by atoms with E-state index in [0.29, 0.717) is 23.2 Å². The van der Waals surface area contributed by atoms with Crippen molar-refractivity contribution in [2.24, 2.45) is 11.8 Å². The third kappa shape index (κ3) is 4.51. The molecule has 1 aromatic carbocycles. The van der Waals surface area contributed by atoms with Crippen molar-refractivity contribution in [2.75, 3.05) is 0 Å². The molecule has 128 valence electrons. The zero-order valence-electron chi connectivity index (χ0n) is 14.2. The molecule has 0 spiro atoms. The highest BCUT2D eigenvalue weighted by Gasteiger charge is 2.17. The Labute approximate surface area is 147 Å². The molecule has 25 heavy (non-hydrogen) atoms.